The molecule has 0 saturated carbocycles. The summed E-state index contributed by atoms with van der Waals surface area (Å²) < 4.78 is 19.6. The maximum atomic E-state index is 13.8. The third-order valence-electron chi connectivity index (χ3n) is 3.91. The fraction of sp³-hybridized carbons (Fsp3) is 0.0435. The van der Waals surface area contributed by atoms with Gasteiger partial charge in [-0.05, 0) is 36.4 Å². The molecule has 0 aliphatic rings. The fourth-order valence-electron chi connectivity index (χ4n) is 2.54. The van der Waals surface area contributed by atoms with Crippen molar-refractivity contribution < 1.29 is 23.9 Å². The topological polar surface area (TPSA) is 87.7 Å². The molecule has 0 aliphatic carbocycles. The molecule has 6 nitrogen and oxygen atoms in total. The van der Waals surface area contributed by atoms with Gasteiger partial charge in [0.25, 0.3) is 5.91 Å². The average molecular weight is 408 g/mol. The van der Waals surface area contributed by atoms with Crippen LogP contribution < -0.4 is 15.5 Å². The van der Waals surface area contributed by atoms with Gasteiger partial charge in [-0.2, -0.15) is 0 Å². The minimum absolute atomic E-state index is 0. The van der Waals surface area contributed by atoms with Crippen LogP contribution in [0.5, 0.6) is 11.5 Å². The average Bonchev–Trinajstić information content (AvgIpc) is 2.75. The van der Waals surface area contributed by atoms with Crippen LogP contribution in [0.1, 0.15) is 23.3 Å². The first-order valence-corrected chi connectivity index (χ1v) is 8.62. The molecule has 2 amide bonds. The lowest BCUT2D eigenvalue weighted by Gasteiger charge is -2.13. The van der Waals surface area contributed by atoms with E-state index in [1.165, 1.54) is 11.5 Å². The standard InChI is InChI=1S/C22H17FN2O4.CH4/c23-18(22(27)25-28)14-15-8-4-6-12-19(15)24-21(26)17-11-5-7-13-20(17)29-16-9-2-1-3-10-16;/h1-14,28H,(H,24,26)(H,25,27);1H4/b18-14-;. The second-order valence-corrected chi connectivity index (χ2v) is 5.89. The first-order chi connectivity index (χ1) is 14.1. The number of ether oxygens (including phenoxy) is 1. The van der Waals surface area contributed by atoms with Gasteiger partial charge in [0.15, 0.2) is 5.83 Å². The molecule has 0 bridgehead atoms. The highest BCUT2D eigenvalue weighted by atomic mass is 19.1. The van der Waals surface area contributed by atoms with E-state index in [0.717, 1.165) is 6.08 Å². The largest absolute Gasteiger partial charge is 0.457 e. The second-order valence-electron chi connectivity index (χ2n) is 5.89. The van der Waals surface area contributed by atoms with Gasteiger partial charge in [0.05, 0.1) is 5.56 Å². The molecule has 3 aromatic carbocycles. The quantitative estimate of drug-likeness (QED) is 0.298. The molecule has 0 radical (unpaired) electrons. The smallest absolute Gasteiger partial charge is 0.303 e. The number of nitrogens with one attached hydrogen (secondary N) is 2. The summed E-state index contributed by atoms with van der Waals surface area (Å²) in [4.78, 5) is 24.0. The number of halogens is 1. The third kappa shape index (κ3) is 5.52. The highest BCUT2D eigenvalue weighted by Gasteiger charge is 2.15. The SMILES string of the molecule is C.O=C(NO)/C(F)=C/c1ccccc1NC(=O)c1ccccc1Oc1ccccc1. The van der Waals surface area contributed by atoms with E-state index >= 15 is 0 Å². The summed E-state index contributed by atoms with van der Waals surface area (Å²) in [5, 5.41) is 11.2. The molecule has 0 atom stereocenters. The van der Waals surface area contributed by atoms with Crippen LogP contribution in [-0.4, -0.2) is 17.0 Å². The predicted molar refractivity (Wildman–Crippen MR) is 113 cm³/mol. The molecular weight excluding hydrogens is 387 g/mol. The summed E-state index contributed by atoms with van der Waals surface area (Å²) in [6.45, 7) is 0. The molecule has 3 aromatic rings. The summed E-state index contributed by atoms with van der Waals surface area (Å²) in [6.07, 6.45) is 0.910. The Bertz CT molecular complexity index is 1050. The number of carbonyl (C=O) groups excluding carboxylic acids is 2. The molecule has 3 N–H and O–H groups in total. The molecule has 0 aromatic heterocycles. The number of amides is 2. The highest BCUT2D eigenvalue weighted by Crippen LogP contribution is 2.27. The monoisotopic (exact) mass is 408 g/mol. The predicted octanol–water partition coefficient (Wildman–Crippen LogP) is 5.18. The zero-order chi connectivity index (χ0) is 20.6. The van der Waals surface area contributed by atoms with Crippen molar-refractivity contribution in [3.05, 3.63) is 95.8 Å². The highest BCUT2D eigenvalue weighted by molar-refractivity contribution is 6.07. The van der Waals surface area contributed by atoms with Crippen molar-refractivity contribution in [2.45, 2.75) is 7.43 Å². The summed E-state index contributed by atoms with van der Waals surface area (Å²) in [7, 11) is 0. The van der Waals surface area contributed by atoms with E-state index in [-0.39, 0.29) is 24.2 Å². The maximum Gasteiger partial charge on any atom is 0.303 e. The molecule has 0 aliphatic heterocycles. The minimum atomic E-state index is -1.28. The Morgan fingerprint density at radius 2 is 1.53 bits per heavy atom. The van der Waals surface area contributed by atoms with E-state index in [1.54, 1.807) is 54.6 Å². The van der Waals surface area contributed by atoms with Crippen LogP contribution in [0.2, 0.25) is 0 Å². The minimum Gasteiger partial charge on any atom is -0.457 e. The number of rotatable bonds is 6. The van der Waals surface area contributed by atoms with Crippen LogP contribution >= 0.6 is 0 Å². The number of anilines is 1. The van der Waals surface area contributed by atoms with E-state index in [2.05, 4.69) is 5.32 Å². The van der Waals surface area contributed by atoms with Gasteiger partial charge in [-0.25, -0.2) is 9.87 Å². The molecule has 3 rings (SSSR count). The Kier molecular flexibility index (Phi) is 7.84. The Balaban J connectivity index is 0.00000320. The zero-order valence-electron chi connectivity index (χ0n) is 15.1. The van der Waals surface area contributed by atoms with Gasteiger partial charge >= 0.3 is 5.91 Å². The van der Waals surface area contributed by atoms with Crippen molar-refractivity contribution in [3.63, 3.8) is 0 Å². The van der Waals surface area contributed by atoms with E-state index in [4.69, 9.17) is 9.94 Å². The molecule has 7 heteroatoms. The van der Waals surface area contributed by atoms with E-state index in [0.29, 0.717) is 11.5 Å². The summed E-state index contributed by atoms with van der Waals surface area (Å²) in [5.41, 5.74) is 2.04. The number of benzene rings is 3. The molecule has 0 unspecified atom stereocenters. The molecule has 30 heavy (non-hydrogen) atoms. The lowest BCUT2D eigenvalue weighted by atomic mass is 10.1. The van der Waals surface area contributed by atoms with Crippen LogP contribution in [0.15, 0.2) is 84.7 Å². The van der Waals surface area contributed by atoms with Crippen molar-refractivity contribution in [2.75, 3.05) is 5.32 Å². The summed E-state index contributed by atoms with van der Waals surface area (Å²) in [5.74, 6) is -2.03. The molecular formula is C23H21FN2O4. The van der Waals surface area contributed by atoms with Crippen molar-refractivity contribution in [3.8, 4) is 11.5 Å². The molecule has 0 heterocycles. The van der Waals surface area contributed by atoms with Crippen molar-refractivity contribution >= 4 is 23.6 Å². The molecule has 0 fully saturated rings. The Labute approximate surface area is 173 Å². The Morgan fingerprint density at radius 3 is 2.27 bits per heavy atom. The van der Waals surface area contributed by atoms with Crippen LogP contribution in [0.4, 0.5) is 10.1 Å². The molecule has 154 valence electrons. The number of para-hydroxylation sites is 3. The molecule has 0 spiro atoms. The van der Waals surface area contributed by atoms with Crippen molar-refractivity contribution in [2.24, 2.45) is 0 Å². The second kappa shape index (κ2) is 10.5. The Morgan fingerprint density at radius 1 is 0.900 bits per heavy atom. The van der Waals surface area contributed by atoms with E-state index < -0.39 is 17.6 Å². The first-order valence-electron chi connectivity index (χ1n) is 8.62. The van der Waals surface area contributed by atoms with E-state index in [1.807, 2.05) is 18.2 Å². The van der Waals surface area contributed by atoms with Crippen LogP contribution in [0.25, 0.3) is 6.08 Å². The summed E-state index contributed by atoms with van der Waals surface area (Å²) >= 11 is 0. The van der Waals surface area contributed by atoms with Gasteiger partial charge in [-0.1, -0.05) is 56.0 Å². The Hall–Kier alpha value is -3.97. The molecule has 0 saturated heterocycles. The first kappa shape index (κ1) is 22.3. The summed E-state index contributed by atoms with van der Waals surface area (Å²) in [6, 6.07) is 22.1. The van der Waals surface area contributed by atoms with Crippen molar-refractivity contribution in [1.82, 2.24) is 5.48 Å². The van der Waals surface area contributed by atoms with Gasteiger partial charge in [0.1, 0.15) is 11.5 Å². The number of hydroxylamine groups is 1. The van der Waals surface area contributed by atoms with Gasteiger partial charge in [0.2, 0.25) is 0 Å². The third-order valence-corrected chi connectivity index (χ3v) is 3.91. The number of hydrogen-bond acceptors (Lipinski definition) is 4. The lowest BCUT2D eigenvalue weighted by Crippen LogP contribution is -2.18. The number of hydrogen-bond donors (Lipinski definition) is 3. The number of carbonyl (C=O) groups is 2. The van der Waals surface area contributed by atoms with Gasteiger partial charge in [-0.3, -0.25) is 14.8 Å². The fourth-order valence-corrected chi connectivity index (χ4v) is 2.54. The van der Waals surface area contributed by atoms with Crippen LogP contribution in [0.3, 0.4) is 0 Å². The van der Waals surface area contributed by atoms with Gasteiger partial charge in [0, 0.05) is 11.3 Å². The van der Waals surface area contributed by atoms with Crippen molar-refractivity contribution in [1.29, 1.82) is 0 Å². The maximum absolute atomic E-state index is 13.8. The lowest BCUT2D eigenvalue weighted by molar-refractivity contribution is -0.126. The van der Waals surface area contributed by atoms with Crippen LogP contribution in [0, 0.1) is 0 Å². The normalized spacial score (nSPS) is 10.5. The van der Waals surface area contributed by atoms with E-state index in [9.17, 15) is 14.0 Å². The van der Waals surface area contributed by atoms with Gasteiger partial charge in [-0.15, -0.1) is 0 Å². The zero-order valence-corrected chi connectivity index (χ0v) is 15.1. The van der Waals surface area contributed by atoms with Crippen LogP contribution in [-0.2, 0) is 4.79 Å². The van der Waals surface area contributed by atoms with Gasteiger partial charge < -0.3 is 10.1 Å².